The number of unbranched alkanes of at least 4 members (excludes halogenated alkanes) is 1. The number of fused-ring (bicyclic) bond motifs is 3. The van der Waals surface area contributed by atoms with Gasteiger partial charge in [-0.1, -0.05) is 37.3 Å². The van der Waals surface area contributed by atoms with E-state index in [1.54, 1.807) is 0 Å². The Morgan fingerprint density at radius 3 is 2.33 bits per heavy atom. The van der Waals surface area contributed by atoms with Crippen LogP contribution in [0.25, 0.3) is 0 Å². The largest absolute Gasteiger partial charge is 0.369 e. The molecule has 4 saturated heterocycles. The van der Waals surface area contributed by atoms with Crippen molar-refractivity contribution in [3.05, 3.63) is 35.9 Å². The molecule has 0 aliphatic carbocycles. The molecule has 8 nitrogen and oxygen atoms in total. The molecule has 0 spiro atoms. The minimum Gasteiger partial charge on any atom is -0.369 e. The van der Waals surface area contributed by atoms with Crippen molar-refractivity contribution >= 4 is 11.9 Å². The first-order valence-electron chi connectivity index (χ1n) is 15.6. The third-order valence-electron chi connectivity index (χ3n) is 9.66. The Morgan fingerprint density at radius 1 is 1.00 bits per heavy atom. The number of likely N-dealkylation sites (tertiary alicyclic amines) is 1. The van der Waals surface area contributed by atoms with E-state index in [1.165, 1.54) is 106 Å². The van der Waals surface area contributed by atoms with Crippen molar-refractivity contribution in [1.29, 1.82) is 5.41 Å². The molecule has 4 aliphatic rings. The molecule has 3 N–H and O–H groups in total. The van der Waals surface area contributed by atoms with Gasteiger partial charge in [-0.05, 0) is 44.1 Å². The molecular weight excluding hydrogens is 484 g/mol. The van der Waals surface area contributed by atoms with E-state index >= 15 is 0 Å². The number of rotatable bonds is 12. The van der Waals surface area contributed by atoms with Gasteiger partial charge < -0.3 is 24.5 Å². The van der Waals surface area contributed by atoms with Crippen molar-refractivity contribution in [2.24, 2.45) is 16.6 Å². The summed E-state index contributed by atoms with van der Waals surface area (Å²) < 4.78 is 2.48. The molecule has 0 saturated carbocycles. The maximum atomic E-state index is 8.66. The molecule has 0 aromatic heterocycles. The van der Waals surface area contributed by atoms with Gasteiger partial charge in [-0.15, -0.1) is 0 Å². The Hall–Kier alpha value is -2.16. The van der Waals surface area contributed by atoms with Crippen LogP contribution in [-0.4, -0.2) is 135 Å². The first-order valence-corrected chi connectivity index (χ1v) is 15.6. The molecule has 4 fully saturated rings. The van der Waals surface area contributed by atoms with Gasteiger partial charge in [-0.3, -0.25) is 10.3 Å². The van der Waals surface area contributed by atoms with Crippen LogP contribution in [0.15, 0.2) is 35.3 Å². The van der Waals surface area contributed by atoms with Gasteiger partial charge in [0.1, 0.15) is 0 Å². The van der Waals surface area contributed by atoms with Gasteiger partial charge >= 0.3 is 0 Å². The molecule has 39 heavy (non-hydrogen) atoms. The second kappa shape index (κ2) is 14.0. The Bertz CT molecular complexity index is 904. The van der Waals surface area contributed by atoms with Crippen LogP contribution in [0.2, 0.25) is 0 Å². The van der Waals surface area contributed by atoms with Crippen molar-refractivity contribution in [2.75, 3.05) is 99.2 Å². The lowest BCUT2D eigenvalue weighted by atomic mass is 10.0. The molecule has 1 unspecified atom stereocenters. The van der Waals surface area contributed by atoms with Crippen LogP contribution in [0, 0.1) is 11.3 Å². The van der Waals surface area contributed by atoms with Crippen LogP contribution in [0.1, 0.15) is 44.6 Å². The van der Waals surface area contributed by atoms with Crippen LogP contribution < -0.4 is 5.73 Å². The standard InChI is InChI=1S/C31H56N8/c1-28(27-39-23-17-36(18-24-39)19-25-39)26-37(16-14-29-12-6-4-7-13-29)31(33)34-30(32)35(2)15-8-11-22-38(3)20-9-5-10-21-38/h4,6-7,12-13,28H,5,8-11,14-27H2,1-3H3,(H3,32,33,34)/q+2. The van der Waals surface area contributed by atoms with Gasteiger partial charge in [0.2, 0.25) is 5.96 Å². The molecule has 8 heteroatoms. The second-order valence-electron chi connectivity index (χ2n) is 13.1. The molecule has 1 atom stereocenters. The summed E-state index contributed by atoms with van der Waals surface area (Å²) in [4.78, 5) is 11.4. The molecule has 1 aromatic carbocycles. The zero-order valence-electron chi connectivity index (χ0n) is 25.2. The van der Waals surface area contributed by atoms with Gasteiger partial charge in [0.25, 0.3) is 0 Å². The number of piperidine rings is 1. The number of aliphatic imine (C=N–C) groups is 1. The SMILES string of the molecule is CC(CN(CCc1ccccc1)C(N)=NC(=N)N(C)CCCC[N+]1(C)CCCCC1)C[N+]12CCN(CC1)CC2. The third kappa shape index (κ3) is 8.92. The van der Waals surface area contributed by atoms with Gasteiger partial charge in [0, 0.05) is 52.2 Å². The molecule has 218 valence electrons. The first kappa shape index (κ1) is 29.8. The number of nitrogens with one attached hydrogen (secondary N) is 1. The summed E-state index contributed by atoms with van der Waals surface area (Å²) in [7, 11) is 4.40. The third-order valence-corrected chi connectivity index (χ3v) is 9.66. The molecule has 5 rings (SSSR count). The summed E-state index contributed by atoms with van der Waals surface area (Å²) in [6, 6.07) is 10.6. The number of hydrogen-bond donors (Lipinski definition) is 2. The lowest BCUT2D eigenvalue weighted by molar-refractivity contribution is -0.943. The van der Waals surface area contributed by atoms with E-state index in [-0.39, 0.29) is 5.96 Å². The summed E-state index contributed by atoms with van der Waals surface area (Å²) in [5.74, 6) is 1.28. The zero-order valence-corrected chi connectivity index (χ0v) is 25.2. The van der Waals surface area contributed by atoms with Gasteiger partial charge in [-0.25, -0.2) is 0 Å². The monoisotopic (exact) mass is 540 g/mol. The predicted octanol–water partition coefficient (Wildman–Crippen LogP) is 2.91. The van der Waals surface area contributed by atoms with Crippen molar-refractivity contribution in [2.45, 2.75) is 45.4 Å². The smallest absolute Gasteiger partial charge is 0.220 e. The van der Waals surface area contributed by atoms with Gasteiger partial charge in [-0.2, -0.15) is 4.99 Å². The molecule has 4 aliphatic heterocycles. The van der Waals surface area contributed by atoms with Crippen LogP contribution in [0.4, 0.5) is 0 Å². The Kier molecular flexibility index (Phi) is 10.7. The molecule has 2 bridgehead atoms. The Labute approximate surface area is 238 Å². The van der Waals surface area contributed by atoms with Crippen LogP contribution >= 0.6 is 0 Å². The van der Waals surface area contributed by atoms with Crippen LogP contribution in [-0.2, 0) is 6.42 Å². The second-order valence-corrected chi connectivity index (χ2v) is 13.1. The van der Waals surface area contributed by atoms with Crippen molar-refractivity contribution in [3.63, 3.8) is 0 Å². The number of guanidine groups is 2. The normalized spacial score (nSPS) is 25.3. The lowest BCUT2D eigenvalue weighted by Gasteiger charge is -2.51. The fourth-order valence-electron chi connectivity index (χ4n) is 7.02. The quantitative estimate of drug-likeness (QED) is 0.185. The summed E-state index contributed by atoms with van der Waals surface area (Å²) in [6.07, 6.45) is 7.35. The van der Waals surface area contributed by atoms with E-state index in [4.69, 9.17) is 11.1 Å². The highest BCUT2D eigenvalue weighted by Gasteiger charge is 2.39. The van der Waals surface area contributed by atoms with Crippen molar-refractivity contribution in [1.82, 2.24) is 14.7 Å². The molecule has 0 radical (unpaired) electrons. The highest BCUT2D eigenvalue weighted by molar-refractivity contribution is 5.92. The van der Waals surface area contributed by atoms with E-state index < -0.39 is 0 Å². The number of quaternary nitrogens is 2. The predicted molar refractivity (Wildman–Crippen MR) is 163 cm³/mol. The molecule has 4 heterocycles. The Morgan fingerprint density at radius 2 is 1.67 bits per heavy atom. The average Bonchev–Trinajstić information content (AvgIpc) is 2.94. The summed E-state index contributed by atoms with van der Waals surface area (Å²) in [5, 5.41) is 8.66. The van der Waals surface area contributed by atoms with E-state index in [0.29, 0.717) is 11.9 Å². The fourth-order valence-corrected chi connectivity index (χ4v) is 7.02. The van der Waals surface area contributed by atoms with Crippen molar-refractivity contribution in [3.8, 4) is 0 Å². The van der Waals surface area contributed by atoms with E-state index in [9.17, 15) is 0 Å². The maximum absolute atomic E-state index is 8.66. The first-order chi connectivity index (χ1) is 18.8. The minimum absolute atomic E-state index is 0.275. The van der Waals surface area contributed by atoms with E-state index in [1.807, 2.05) is 11.9 Å². The zero-order chi connectivity index (χ0) is 27.7. The summed E-state index contributed by atoms with van der Waals surface area (Å²) in [5.41, 5.74) is 7.95. The van der Waals surface area contributed by atoms with E-state index in [2.05, 4.69) is 59.1 Å². The maximum Gasteiger partial charge on any atom is 0.220 e. The van der Waals surface area contributed by atoms with Crippen LogP contribution in [0.5, 0.6) is 0 Å². The highest BCUT2D eigenvalue weighted by Crippen LogP contribution is 2.22. The number of hydrogen-bond acceptors (Lipinski definition) is 2. The summed E-state index contributed by atoms with van der Waals surface area (Å²) in [6.45, 7) is 17.6. The molecule has 1 aromatic rings. The minimum atomic E-state index is 0.275. The number of piperazine rings is 3. The molecule has 0 amide bonds. The lowest BCUT2D eigenvalue weighted by Crippen LogP contribution is -2.68. The van der Waals surface area contributed by atoms with E-state index in [0.717, 1.165) is 32.5 Å². The Balaban J connectivity index is 1.31. The number of nitrogens with two attached hydrogens (primary N) is 1. The highest BCUT2D eigenvalue weighted by atomic mass is 15.5. The van der Waals surface area contributed by atoms with Gasteiger partial charge in [0.15, 0.2) is 5.96 Å². The van der Waals surface area contributed by atoms with Crippen molar-refractivity contribution < 1.29 is 8.97 Å². The number of benzene rings is 1. The topological polar surface area (TPSA) is 71.9 Å². The van der Waals surface area contributed by atoms with Gasteiger partial charge in [0.05, 0.1) is 52.9 Å². The van der Waals surface area contributed by atoms with Crippen LogP contribution in [0.3, 0.4) is 0 Å². The summed E-state index contributed by atoms with van der Waals surface area (Å²) >= 11 is 0. The average molecular weight is 541 g/mol. The fraction of sp³-hybridized carbons (Fsp3) is 0.742. The number of nitrogens with zero attached hydrogens (tertiary/aromatic N) is 6. The molecular formula is C31H56N8+2.